The molecule has 100 valence electrons. The van der Waals surface area contributed by atoms with E-state index in [9.17, 15) is 4.79 Å². The van der Waals surface area contributed by atoms with Crippen molar-refractivity contribution in [3.63, 3.8) is 0 Å². The third-order valence-electron chi connectivity index (χ3n) is 3.23. The van der Waals surface area contributed by atoms with E-state index in [-0.39, 0.29) is 5.91 Å². The number of nitrogens with two attached hydrogens (primary N) is 1. The summed E-state index contributed by atoms with van der Waals surface area (Å²) < 4.78 is 0. The van der Waals surface area contributed by atoms with Gasteiger partial charge in [-0.3, -0.25) is 4.79 Å². The summed E-state index contributed by atoms with van der Waals surface area (Å²) >= 11 is 1.39. The number of anilines is 2. The van der Waals surface area contributed by atoms with Crippen LogP contribution in [0.15, 0.2) is 0 Å². The molecule has 2 N–H and O–H groups in total. The monoisotopic (exact) mass is 268 g/mol. The van der Waals surface area contributed by atoms with Crippen LogP contribution >= 0.6 is 11.3 Å². The predicted molar refractivity (Wildman–Crippen MR) is 75.2 cm³/mol. The fourth-order valence-electron chi connectivity index (χ4n) is 1.86. The molecular weight excluding hydrogens is 248 g/mol. The number of aromatic nitrogens is 1. The zero-order valence-corrected chi connectivity index (χ0v) is 12.0. The van der Waals surface area contributed by atoms with Gasteiger partial charge in [0.15, 0.2) is 5.13 Å². The van der Waals surface area contributed by atoms with Crippen LogP contribution in [-0.4, -0.2) is 42.0 Å². The van der Waals surface area contributed by atoms with Crippen molar-refractivity contribution in [3.05, 3.63) is 4.88 Å². The molecule has 1 aliphatic carbocycles. The number of carbonyl (C=O) groups excluding carboxylic acids is 1. The van der Waals surface area contributed by atoms with Crippen molar-refractivity contribution >= 4 is 28.2 Å². The fraction of sp³-hybridized carbons (Fsp3) is 0.667. The highest BCUT2D eigenvalue weighted by molar-refractivity contribution is 7.18. The lowest BCUT2D eigenvalue weighted by atomic mass is 10.4. The molecule has 0 spiro atoms. The molecule has 5 nitrogen and oxygen atoms in total. The quantitative estimate of drug-likeness (QED) is 0.884. The molecule has 1 fully saturated rings. The molecule has 1 amide bonds. The minimum Gasteiger partial charge on any atom is -0.382 e. The third-order valence-corrected chi connectivity index (χ3v) is 4.40. The number of amides is 1. The van der Waals surface area contributed by atoms with Crippen LogP contribution in [0.4, 0.5) is 10.9 Å². The van der Waals surface area contributed by atoms with Gasteiger partial charge in [-0.15, -0.1) is 0 Å². The van der Waals surface area contributed by atoms with Gasteiger partial charge in [0.25, 0.3) is 5.91 Å². The standard InChI is InChI=1S/C12H20N4OS/c1-4-15(3)12-14-10(13)9(18-12)11(17)16(5-2)8-6-7-8/h8H,4-7,13H2,1-3H3. The Morgan fingerprint density at radius 1 is 1.44 bits per heavy atom. The Balaban J connectivity index is 2.21. The molecular formula is C12H20N4OS. The van der Waals surface area contributed by atoms with Crippen LogP contribution in [0.25, 0.3) is 0 Å². The van der Waals surface area contributed by atoms with Crippen molar-refractivity contribution in [1.82, 2.24) is 9.88 Å². The summed E-state index contributed by atoms with van der Waals surface area (Å²) in [4.78, 5) is 21.2. The smallest absolute Gasteiger partial charge is 0.268 e. The van der Waals surface area contributed by atoms with Gasteiger partial charge in [0.2, 0.25) is 0 Å². The van der Waals surface area contributed by atoms with Crippen molar-refractivity contribution in [2.45, 2.75) is 32.7 Å². The third kappa shape index (κ3) is 2.43. The number of nitrogens with zero attached hydrogens (tertiary/aromatic N) is 3. The van der Waals surface area contributed by atoms with E-state index in [1.165, 1.54) is 11.3 Å². The summed E-state index contributed by atoms with van der Waals surface area (Å²) in [5.74, 6) is 0.394. The number of nitrogen functional groups attached to an aromatic ring is 1. The second-order valence-electron chi connectivity index (χ2n) is 4.55. The first kappa shape index (κ1) is 13.1. The molecule has 0 atom stereocenters. The number of thiazole rings is 1. The van der Waals surface area contributed by atoms with Crippen molar-refractivity contribution in [2.75, 3.05) is 30.8 Å². The summed E-state index contributed by atoms with van der Waals surface area (Å²) in [5.41, 5.74) is 5.87. The second kappa shape index (κ2) is 5.14. The molecule has 1 aromatic rings. The normalized spacial score (nSPS) is 14.6. The van der Waals surface area contributed by atoms with E-state index in [1.807, 2.05) is 30.7 Å². The van der Waals surface area contributed by atoms with Gasteiger partial charge in [0, 0.05) is 26.2 Å². The maximum absolute atomic E-state index is 12.4. The Morgan fingerprint density at radius 3 is 2.61 bits per heavy atom. The molecule has 1 aliphatic rings. The number of hydrogen-bond acceptors (Lipinski definition) is 5. The minimum absolute atomic E-state index is 0.0331. The molecule has 2 rings (SSSR count). The summed E-state index contributed by atoms with van der Waals surface area (Å²) in [6.45, 7) is 5.63. The Labute approximate surface area is 112 Å². The molecule has 18 heavy (non-hydrogen) atoms. The average Bonchev–Trinajstić information content (AvgIpc) is 3.11. The van der Waals surface area contributed by atoms with Gasteiger partial charge < -0.3 is 15.5 Å². The van der Waals surface area contributed by atoms with E-state index >= 15 is 0 Å². The van der Waals surface area contributed by atoms with Gasteiger partial charge in [0.1, 0.15) is 10.7 Å². The first-order valence-electron chi connectivity index (χ1n) is 6.36. The van der Waals surface area contributed by atoms with E-state index in [4.69, 9.17) is 5.73 Å². The van der Waals surface area contributed by atoms with Crippen LogP contribution in [0.3, 0.4) is 0 Å². The van der Waals surface area contributed by atoms with Crippen LogP contribution < -0.4 is 10.6 Å². The van der Waals surface area contributed by atoms with Crippen LogP contribution in [0, 0.1) is 0 Å². The second-order valence-corrected chi connectivity index (χ2v) is 5.52. The first-order valence-corrected chi connectivity index (χ1v) is 7.18. The van der Waals surface area contributed by atoms with Crippen molar-refractivity contribution in [3.8, 4) is 0 Å². The topological polar surface area (TPSA) is 62.5 Å². The van der Waals surface area contributed by atoms with Gasteiger partial charge in [-0.2, -0.15) is 0 Å². The SMILES string of the molecule is CCN(C)c1nc(N)c(C(=O)N(CC)C2CC2)s1. The molecule has 0 aromatic carbocycles. The van der Waals surface area contributed by atoms with E-state index in [1.54, 1.807) is 0 Å². The number of hydrogen-bond donors (Lipinski definition) is 1. The zero-order valence-electron chi connectivity index (χ0n) is 11.1. The Kier molecular flexibility index (Phi) is 3.75. The molecule has 0 aliphatic heterocycles. The lowest BCUT2D eigenvalue weighted by Crippen LogP contribution is -2.32. The highest BCUT2D eigenvalue weighted by atomic mass is 32.1. The molecule has 0 bridgehead atoms. The Bertz CT molecular complexity index is 441. The minimum atomic E-state index is 0.0331. The summed E-state index contributed by atoms with van der Waals surface area (Å²) in [6, 6.07) is 0.413. The molecule has 1 saturated carbocycles. The number of carbonyl (C=O) groups is 1. The van der Waals surface area contributed by atoms with Gasteiger partial charge in [-0.05, 0) is 26.7 Å². The van der Waals surface area contributed by atoms with Crippen molar-refractivity contribution < 1.29 is 4.79 Å². The molecule has 0 radical (unpaired) electrons. The molecule has 1 aromatic heterocycles. The van der Waals surface area contributed by atoms with Gasteiger partial charge >= 0.3 is 0 Å². The predicted octanol–water partition coefficient (Wildman–Crippen LogP) is 1.81. The van der Waals surface area contributed by atoms with Crippen molar-refractivity contribution in [2.24, 2.45) is 0 Å². The summed E-state index contributed by atoms with van der Waals surface area (Å²) in [6.07, 6.45) is 2.22. The lowest BCUT2D eigenvalue weighted by molar-refractivity contribution is 0.0758. The largest absolute Gasteiger partial charge is 0.382 e. The van der Waals surface area contributed by atoms with Crippen LogP contribution in [0.5, 0.6) is 0 Å². The van der Waals surface area contributed by atoms with Gasteiger partial charge in [-0.1, -0.05) is 11.3 Å². The van der Waals surface area contributed by atoms with Gasteiger partial charge in [-0.25, -0.2) is 4.98 Å². The number of rotatable bonds is 5. The van der Waals surface area contributed by atoms with E-state index in [0.717, 1.165) is 31.1 Å². The Hall–Kier alpha value is -1.30. The van der Waals surface area contributed by atoms with E-state index < -0.39 is 0 Å². The Morgan fingerprint density at radius 2 is 2.11 bits per heavy atom. The van der Waals surface area contributed by atoms with Gasteiger partial charge in [0.05, 0.1) is 0 Å². The van der Waals surface area contributed by atoms with Crippen LogP contribution in [-0.2, 0) is 0 Å². The summed E-state index contributed by atoms with van der Waals surface area (Å²) in [7, 11) is 1.95. The highest BCUT2D eigenvalue weighted by Gasteiger charge is 2.33. The van der Waals surface area contributed by atoms with Crippen molar-refractivity contribution in [1.29, 1.82) is 0 Å². The van der Waals surface area contributed by atoms with E-state index in [2.05, 4.69) is 4.98 Å². The molecule has 1 heterocycles. The molecule has 0 saturated heterocycles. The molecule has 0 unspecified atom stereocenters. The highest BCUT2D eigenvalue weighted by Crippen LogP contribution is 2.33. The molecule has 6 heteroatoms. The first-order chi connectivity index (χ1) is 8.58. The summed E-state index contributed by atoms with van der Waals surface area (Å²) in [5, 5.41) is 0.810. The maximum atomic E-state index is 12.4. The zero-order chi connectivity index (χ0) is 13.3. The van der Waals surface area contributed by atoms with Crippen LogP contribution in [0.2, 0.25) is 0 Å². The van der Waals surface area contributed by atoms with Crippen LogP contribution in [0.1, 0.15) is 36.4 Å². The lowest BCUT2D eigenvalue weighted by Gasteiger charge is -2.19. The van der Waals surface area contributed by atoms with E-state index in [0.29, 0.717) is 16.7 Å². The maximum Gasteiger partial charge on any atom is 0.268 e. The fourth-order valence-corrected chi connectivity index (χ4v) is 2.82. The average molecular weight is 268 g/mol.